The van der Waals surface area contributed by atoms with E-state index in [2.05, 4.69) is 27.8 Å². The van der Waals surface area contributed by atoms with Crippen LogP contribution in [0.2, 0.25) is 0 Å². The lowest BCUT2D eigenvalue weighted by Crippen LogP contribution is -2.38. The maximum absolute atomic E-state index is 14.0. The maximum Gasteiger partial charge on any atom is 0.321 e. The van der Waals surface area contributed by atoms with E-state index in [1.807, 2.05) is 4.57 Å². The SMILES string of the molecule is CNC(=O)NC(=O)CSc1nnc(COc2ccccc2F)n1[C@@H](C)[C@@H]1C[C@H]2CC[C@H]1C2. The first-order valence-electron chi connectivity index (χ1n) is 10.9. The highest BCUT2D eigenvalue weighted by Gasteiger charge is 2.43. The summed E-state index contributed by atoms with van der Waals surface area (Å²) in [6, 6.07) is 5.84. The van der Waals surface area contributed by atoms with Crippen molar-refractivity contribution in [3.05, 3.63) is 35.9 Å². The van der Waals surface area contributed by atoms with E-state index in [-0.39, 0.29) is 24.2 Å². The molecule has 0 unspecified atom stereocenters. The molecule has 1 aromatic heterocycles. The summed E-state index contributed by atoms with van der Waals surface area (Å²) in [5.41, 5.74) is 0. The average Bonchev–Trinajstić information content (AvgIpc) is 3.52. The van der Waals surface area contributed by atoms with Crippen LogP contribution in [0.1, 0.15) is 44.5 Å². The Morgan fingerprint density at radius 3 is 2.78 bits per heavy atom. The number of hydrogen-bond acceptors (Lipinski definition) is 6. The van der Waals surface area contributed by atoms with Gasteiger partial charge in [0.05, 0.1) is 5.75 Å². The van der Waals surface area contributed by atoms with E-state index in [9.17, 15) is 14.0 Å². The van der Waals surface area contributed by atoms with E-state index in [4.69, 9.17) is 4.74 Å². The van der Waals surface area contributed by atoms with Crippen molar-refractivity contribution in [3.63, 3.8) is 0 Å². The third-order valence-corrected chi connectivity index (χ3v) is 7.50. The first-order chi connectivity index (χ1) is 15.5. The van der Waals surface area contributed by atoms with E-state index in [0.717, 1.165) is 5.92 Å². The molecular formula is C22H28FN5O3S. The van der Waals surface area contributed by atoms with Gasteiger partial charge in [0.2, 0.25) is 5.91 Å². The number of rotatable bonds is 8. The first kappa shape index (κ1) is 22.6. The number of urea groups is 1. The van der Waals surface area contributed by atoms with Crippen LogP contribution in [-0.4, -0.2) is 39.5 Å². The quantitative estimate of drug-likeness (QED) is 0.584. The minimum atomic E-state index is -0.550. The summed E-state index contributed by atoms with van der Waals surface area (Å²) < 4.78 is 21.7. The highest BCUT2D eigenvalue weighted by molar-refractivity contribution is 7.99. The standard InChI is InChI=1S/C22H28FN5O3S/c1-13(16-10-14-7-8-15(16)9-14)28-19(11-31-18-6-4-3-5-17(18)23)26-27-22(28)32-12-20(29)25-21(30)24-2/h3-6,13-16H,7-12H2,1-2H3,(H2,24,25,29,30)/t13-,14-,15-,16-/m0/s1. The Morgan fingerprint density at radius 2 is 2.09 bits per heavy atom. The summed E-state index contributed by atoms with van der Waals surface area (Å²) in [6.07, 6.45) is 5.01. The summed E-state index contributed by atoms with van der Waals surface area (Å²) in [7, 11) is 1.45. The summed E-state index contributed by atoms with van der Waals surface area (Å²) >= 11 is 1.23. The number of imide groups is 1. The van der Waals surface area contributed by atoms with Crippen LogP contribution in [0.5, 0.6) is 5.75 Å². The molecule has 2 bridgehead atoms. The van der Waals surface area contributed by atoms with Gasteiger partial charge in [-0.25, -0.2) is 9.18 Å². The van der Waals surface area contributed by atoms with E-state index in [0.29, 0.717) is 22.8 Å². The number of para-hydroxylation sites is 1. The smallest absolute Gasteiger partial charge is 0.321 e. The van der Waals surface area contributed by atoms with Crippen LogP contribution in [0.4, 0.5) is 9.18 Å². The Hall–Kier alpha value is -2.62. The van der Waals surface area contributed by atoms with E-state index >= 15 is 0 Å². The fraction of sp³-hybridized carbons (Fsp3) is 0.545. The molecule has 1 aromatic carbocycles. The number of nitrogens with zero attached hydrogens (tertiary/aromatic N) is 3. The molecule has 2 aliphatic rings. The first-order valence-corrected chi connectivity index (χ1v) is 11.9. The van der Waals surface area contributed by atoms with Crippen molar-refractivity contribution in [2.45, 2.75) is 50.4 Å². The second kappa shape index (κ2) is 9.89. The number of fused-ring (bicyclic) bond motifs is 2. The minimum Gasteiger partial charge on any atom is -0.483 e. The Labute approximate surface area is 190 Å². The number of hydrogen-bond donors (Lipinski definition) is 2. The van der Waals surface area contributed by atoms with Crippen LogP contribution in [0.25, 0.3) is 0 Å². The molecule has 0 saturated heterocycles. The number of halogens is 1. The van der Waals surface area contributed by atoms with Crippen LogP contribution >= 0.6 is 11.8 Å². The second-order valence-corrected chi connectivity index (χ2v) is 9.43. The van der Waals surface area contributed by atoms with Crippen molar-refractivity contribution < 1.29 is 18.7 Å². The Morgan fingerprint density at radius 1 is 1.28 bits per heavy atom. The number of ether oxygens (including phenoxy) is 1. The van der Waals surface area contributed by atoms with Gasteiger partial charge < -0.3 is 10.1 Å². The van der Waals surface area contributed by atoms with Crippen LogP contribution in [0, 0.1) is 23.6 Å². The van der Waals surface area contributed by atoms with Gasteiger partial charge in [-0.1, -0.05) is 30.3 Å². The molecule has 2 saturated carbocycles. The summed E-state index contributed by atoms with van der Waals surface area (Å²) in [4.78, 5) is 23.4. The Kier molecular flexibility index (Phi) is 6.98. The molecule has 32 heavy (non-hydrogen) atoms. The monoisotopic (exact) mass is 461 g/mol. The zero-order valence-electron chi connectivity index (χ0n) is 18.2. The largest absolute Gasteiger partial charge is 0.483 e. The lowest BCUT2D eigenvalue weighted by atomic mass is 9.84. The lowest BCUT2D eigenvalue weighted by molar-refractivity contribution is -0.117. The zero-order valence-corrected chi connectivity index (χ0v) is 19.0. The van der Waals surface area contributed by atoms with Gasteiger partial charge in [0, 0.05) is 13.1 Å². The summed E-state index contributed by atoms with van der Waals surface area (Å²) in [5, 5.41) is 13.8. The van der Waals surface area contributed by atoms with E-state index in [1.165, 1.54) is 50.6 Å². The highest BCUT2D eigenvalue weighted by atomic mass is 32.2. The van der Waals surface area contributed by atoms with Crippen LogP contribution < -0.4 is 15.4 Å². The normalized spacial score (nSPS) is 22.5. The molecule has 172 valence electrons. The molecule has 4 atom stereocenters. The molecule has 1 heterocycles. The molecule has 0 aliphatic heterocycles. The highest BCUT2D eigenvalue weighted by Crippen LogP contribution is 2.52. The Bertz CT molecular complexity index is 984. The van der Waals surface area contributed by atoms with Gasteiger partial charge in [-0.15, -0.1) is 10.2 Å². The third-order valence-electron chi connectivity index (χ3n) is 6.56. The van der Waals surface area contributed by atoms with Crippen molar-refractivity contribution in [3.8, 4) is 5.75 Å². The minimum absolute atomic E-state index is 0.0309. The van der Waals surface area contributed by atoms with Crippen molar-refractivity contribution in [1.82, 2.24) is 25.4 Å². The van der Waals surface area contributed by atoms with Crippen molar-refractivity contribution in [2.75, 3.05) is 12.8 Å². The van der Waals surface area contributed by atoms with E-state index < -0.39 is 17.8 Å². The molecule has 3 amide bonds. The topological polar surface area (TPSA) is 98.1 Å². The number of carbonyl (C=O) groups excluding carboxylic acids is 2. The van der Waals surface area contributed by atoms with Gasteiger partial charge in [-0.2, -0.15) is 0 Å². The van der Waals surface area contributed by atoms with Gasteiger partial charge in [0.15, 0.2) is 22.5 Å². The maximum atomic E-state index is 14.0. The molecule has 2 aliphatic carbocycles. The molecule has 2 fully saturated rings. The molecule has 0 spiro atoms. The fourth-order valence-electron chi connectivity index (χ4n) is 5.05. The zero-order chi connectivity index (χ0) is 22.7. The molecule has 4 rings (SSSR count). The number of benzene rings is 1. The molecular weight excluding hydrogens is 433 g/mol. The van der Waals surface area contributed by atoms with Gasteiger partial charge in [-0.05, 0) is 56.1 Å². The molecule has 2 aromatic rings. The molecule has 2 N–H and O–H groups in total. The summed E-state index contributed by atoms with van der Waals surface area (Å²) in [5.74, 6) is 1.93. The predicted octanol–water partition coefficient (Wildman–Crippen LogP) is 3.54. The average molecular weight is 462 g/mol. The van der Waals surface area contributed by atoms with Crippen LogP contribution in [0.15, 0.2) is 29.4 Å². The number of amides is 3. The number of carbonyl (C=O) groups is 2. The van der Waals surface area contributed by atoms with Gasteiger partial charge >= 0.3 is 6.03 Å². The third kappa shape index (κ3) is 4.90. The number of aromatic nitrogens is 3. The Balaban J connectivity index is 1.52. The number of thioether (sulfide) groups is 1. The van der Waals surface area contributed by atoms with Crippen LogP contribution in [-0.2, 0) is 11.4 Å². The fourth-order valence-corrected chi connectivity index (χ4v) is 5.89. The van der Waals surface area contributed by atoms with Gasteiger partial charge in [0.1, 0.15) is 6.61 Å². The van der Waals surface area contributed by atoms with Crippen molar-refractivity contribution >= 4 is 23.7 Å². The van der Waals surface area contributed by atoms with Gasteiger partial charge in [0.25, 0.3) is 0 Å². The van der Waals surface area contributed by atoms with Crippen molar-refractivity contribution in [1.29, 1.82) is 0 Å². The molecule has 8 nitrogen and oxygen atoms in total. The predicted molar refractivity (Wildman–Crippen MR) is 118 cm³/mol. The molecule has 0 radical (unpaired) electrons. The lowest BCUT2D eigenvalue weighted by Gasteiger charge is -2.30. The summed E-state index contributed by atoms with van der Waals surface area (Å²) in [6.45, 7) is 2.24. The number of nitrogens with one attached hydrogen (secondary N) is 2. The van der Waals surface area contributed by atoms with E-state index in [1.54, 1.807) is 18.2 Å². The van der Waals surface area contributed by atoms with Crippen LogP contribution in [0.3, 0.4) is 0 Å². The second-order valence-electron chi connectivity index (χ2n) is 8.48. The molecule has 10 heteroatoms. The van der Waals surface area contributed by atoms with Gasteiger partial charge in [-0.3, -0.25) is 14.7 Å². The van der Waals surface area contributed by atoms with Crippen molar-refractivity contribution in [2.24, 2.45) is 17.8 Å².